The molecule has 0 spiro atoms. The average Bonchev–Trinajstić information content (AvgIpc) is 2.59. The van der Waals surface area contributed by atoms with Crippen molar-refractivity contribution in [1.29, 1.82) is 0 Å². The van der Waals surface area contributed by atoms with Gasteiger partial charge in [0.15, 0.2) is 0 Å². The van der Waals surface area contributed by atoms with Crippen LogP contribution in [0, 0.1) is 5.41 Å². The van der Waals surface area contributed by atoms with Gasteiger partial charge in [0.2, 0.25) is 0 Å². The van der Waals surface area contributed by atoms with Crippen molar-refractivity contribution in [3.8, 4) is 0 Å². The Hall–Kier alpha value is -1.77. The maximum atomic E-state index is 5.82. The first kappa shape index (κ1) is 13.2. The van der Waals surface area contributed by atoms with E-state index >= 15 is 0 Å². The zero-order valence-electron chi connectivity index (χ0n) is 12.4. The number of hydrogen-bond donors (Lipinski definition) is 1. The van der Waals surface area contributed by atoms with Crippen molar-refractivity contribution in [3.63, 3.8) is 0 Å². The van der Waals surface area contributed by atoms with Crippen LogP contribution in [0.25, 0.3) is 10.9 Å². The lowest BCUT2D eigenvalue weighted by Gasteiger charge is -2.24. The molecule has 0 bridgehead atoms. The molecule has 20 heavy (non-hydrogen) atoms. The molecule has 3 heteroatoms. The number of anilines is 2. The Morgan fingerprint density at radius 1 is 1.10 bits per heavy atom. The number of hydrogen-bond acceptors (Lipinski definition) is 3. The van der Waals surface area contributed by atoms with Gasteiger partial charge in [-0.1, -0.05) is 13.8 Å². The molecule has 1 aliphatic heterocycles. The van der Waals surface area contributed by atoms with Gasteiger partial charge in [-0.15, -0.1) is 0 Å². The predicted molar refractivity (Wildman–Crippen MR) is 86.0 cm³/mol. The first-order valence-corrected chi connectivity index (χ1v) is 7.45. The molecule has 2 heterocycles. The zero-order chi connectivity index (χ0) is 14.2. The first-order valence-electron chi connectivity index (χ1n) is 7.45. The summed E-state index contributed by atoms with van der Waals surface area (Å²) in [6.45, 7) is 6.94. The van der Waals surface area contributed by atoms with Gasteiger partial charge >= 0.3 is 0 Å². The van der Waals surface area contributed by atoms with E-state index < -0.39 is 0 Å². The van der Waals surface area contributed by atoms with Crippen molar-refractivity contribution in [3.05, 3.63) is 30.3 Å². The van der Waals surface area contributed by atoms with Gasteiger partial charge in [0.25, 0.3) is 0 Å². The van der Waals surface area contributed by atoms with Crippen molar-refractivity contribution in [2.75, 3.05) is 23.7 Å². The van der Waals surface area contributed by atoms with Gasteiger partial charge in [-0.25, -0.2) is 4.98 Å². The summed E-state index contributed by atoms with van der Waals surface area (Å²) in [5.74, 6) is 1.10. The number of rotatable bonds is 1. The van der Waals surface area contributed by atoms with Gasteiger partial charge in [0.1, 0.15) is 5.82 Å². The van der Waals surface area contributed by atoms with Gasteiger partial charge in [-0.3, -0.25) is 0 Å². The average molecular weight is 269 g/mol. The van der Waals surface area contributed by atoms with Crippen molar-refractivity contribution in [1.82, 2.24) is 4.98 Å². The van der Waals surface area contributed by atoms with E-state index in [1.807, 2.05) is 18.2 Å². The predicted octanol–water partition coefficient (Wildman–Crippen LogP) is 3.83. The zero-order valence-corrected chi connectivity index (χ0v) is 12.4. The third-order valence-electron chi connectivity index (χ3n) is 4.36. The highest BCUT2D eigenvalue weighted by Gasteiger charge is 2.23. The third kappa shape index (κ3) is 2.72. The van der Waals surface area contributed by atoms with E-state index in [9.17, 15) is 0 Å². The molecule has 106 valence electrons. The molecule has 0 radical (unpaired) electrons. The molecular formula is C17H23N3. The molecule has 1 saturated heterocycles. The van der Waals surface area contributed by atoms with Crippen LogP contribution in [0.2, 0.25) is 0 Å². The Bertz CT molecular complexity index is 619. The van der Waals surface area contributed by atoms with Crippen molar-refractivity contribution >= 4 is 22.4 Å². The van der Waals surface area contributed by atoms with E-state index in [2.05, 4.69) is 30.9 Å². The summed E-state index contributed by atoms with van der Waals surface area (Å²) in [5, 5.41) is 1.11. The van der Waals surface area contributed by atoms with Crippen molar-refractivity contribution in [2.45, 2.75) is 33.1 Å². The maximum Gasteiger partial charge on any atom is 0.129 e. The van der Waals surface area contributed by atoms with E-state index in [0.29, 0.717) is 5.41 Å². The van der Waals surface area contributed by atoms with Crippen LogP contribution < -0.4 is 10.6 Å². The fraction of sp³-hybridized carbons (Fsp3) is 0.471. The lowest BCUT2D eigenvalue weighted by molar-refractivity contribution is 0.325. The van der Waals surface area contributed by atoms with Crippen molar-refractivity contribution in [2.24, 2.45) is 5.41 Å². The minimum atomic E-state index is 0.458. The van der Waals surface area contributed by atoms with E-state index in [0.717, 1.165) is 35.5 Å². The monoisotopic (exact) mass is 269 g/mol. The van der Waals surface area contributed by atoms with E-state index in [1.54, 1.807) is 0 Å². The molecule has 3 rings (SSSR count). The Morgan fingerprint density at radius 2 is 1.95 bits per heavy atom. The molecule has 1 aromatic carbocycles. The number of benzene rings is 1. The standard InChI is InChI=1S/C17H23N3/c1-17(2)8-3-10-20(11-9-17)16-7-4-13-12-14(18)5-6-15(13)19-16/h4-7,12H,3,8-11,18H2,1-2H3. The normalized spacial score (nSPS) is 19.0. The Balaban J connectivity index is 1.88. The van der Waals surface area contributed by atoms with Crippen LogP contribution >= 0.6 is 0 Å². The summed E-state index contributed by atoms with van der Waals surface area (Å²) >= 11 is 0. The molecule has 1 aliphatic rings. The second-order valence-corrected chi connectivity index (χ2v) is 6.63. The summed E-state index contributed by atoms with van der Waals surface area (Å²) in [5.41, 5.74) is 8.10. The fourth-order valence-electron chi connectivity index (χ4n) is 2.96. The molecule has 0 unspecified atom stereocenters. The maximum absolute atomic E-state index is 5.82. The van der Waals surface area contributed by atoms with Crippen LogP contribution in [0.3, 0.4) is 0 Å². The second kappa shape index (κ2) is 4.97. The van der Waals surface area contributed by atoms with Gasteiger partial charge in [0, 0.05) is 24.2 Å². The molecule has 1 aromatic heterocycles. The van der Waals surface area contributed by atoms with Gasteiger partial charge < -0.3 is 10.6 Å². The number of aromatic nitrogens is 1. The number of fused-ring (bicyclic) bond motifs is 1. The topological polar surface area (TPSA) is 42.1 Å². The highest BCUT2D eigenvalue weighted by molar-refractivity contribution is 5.83. The summed E-state index contributed by atoms with van der Waals surface area (Å²) in [6.07, 6.45) is 3.77. The Labute approximate surface area is 120 Å². The van der Waals surface area contributed by atoms with E-state index in [4.69, 9.17) is 10.7 Å². The lowest BCUT2D eigenvalue weighted by atomic mass is 9.85. The Morgan fingerprint density at radius 3 is 2.80 bits per heavy atom. The van der Waals surface area contributed by atoms with Crippen LogP contribution in [0.15, 0.2) is 30.3 Å². The largest absolute Gasteiger partial charge is 0.399 e. The molecule has 1 fully saturated rings. The molecule has 0 aliphatic carbocycles. The quantitative estimate of drug-likeness (QED) is 0.800. The van der Waals surface area contributed by atoms with Crippen LogP contribution in [0.1, 0.15) is 33.1 Å². The molecule has 0 saturated carbocycles. The van der Waals surface area contributed by atoms with Gasteiger partial charge in [-0.2, -0.15) is 0 Å². The minimum absolute atomic E-state index is 0.458. The molecule has 2 aromatic rings. The van der Waals surface area contributed by atoms with E-state index in [-0.39, 0.29) is 0 Å². The highest BCUT2D eigenvalue weighted by Crippen LogP contribution is 2.31. The van der Waals surface area contributed by atoms with Crippen LogP contribution in [-0.2, 0) is 0 Å². The number of nitrogens with zero attached hydrogens (tertiary/aromatic N) is 2. The fourth-order valence-corrected chi connectivity index (χ4v) is 2.96. The van der Waals surface area contributed by atoms with Gasteiger partial charge in [0.05, 0.1) is 5.52 Å². The van der Waals surface area contributed by atoms with Crippen LogP contribution in [-0.4, -0.2) is 18.1 Å². The van der Waals surface area contributed by atoms with Crippen LogP contribution in [0.4, 0.5) is 11.5 Å². The summed E-state index contributed by atoms with van der Waals surface area (Å²) in [4.78, 5) is 7.22. The summed E-state index contributed by atoms with van der Waals surface area (Å²) in [7, 11) is 0. The minimum Gasteiger partial charge on any atom is -0.399 e. The summed E-state index contributed by atoms with van der Waals surface area (Å²) in [6, 6.07) is 10.2. The lowest BCUT2D eigenvalue weighted by Crippen LogP contribution is -2.25. The number of pyridine rings is 1. The van der Waals surface area contributed by atoms with Crippen LogP contribution in [0.5, 0.6) is 0 Å². The number of nitrogen functional groups attached to an aromatic ring is 1. The molecule has 0 amide bonds. The molecular weight excluding hydrogens is 246 g/mol. The molecule has 2 N–H and O–H groups in total. The van der Waals surface area contributed by atoms with E-state index in [1.165, 1.54) is 19.3 Å². The Kier molecular flexibility index (Phi) is 3.28. The molecule has 3 nitrogen and oxygen atoms in total. The van der Waals surface area contributed by atoms with Crippen molar-refractivity contribution < 1.29 is 0 Å². The molecule has 0 atom stereocenters. The smallest absolute Gasteiger partial charge is 0.129 e. The highest BCUT2D eigenvalue weighted by atomic mass is 15.2. The third-order valence-corrected chi connectivity index (χ3v) is 4.36. The second-order valence-electron chi connectivity index (χ2n) is 6.63. The summed E-state index contributed by atoms with van der Waals surface area (Å²) < 4.78 is 0. The SMILES string of the molecule is CC1(C)CCCN(c2ccc3cc(N)ccc3n2)CC1. The van der Waals surface area contributed by atoms with Gasteiger partial charge in [-0.05, 0) is 55.0 Å². The number of nitrogens with two attached hydrogens (primary N) is 1. The first-order chi connectivity index (χ1) is 9.53.